The van der Waals surface area contributed by atoms with Gasteiger partial charge in [0, 0.05) is 32.5 Å². The fourth-order valence-electron chi connectivity index (χ4n) is 4.91. The van der Waals surface area contributed by atoms with Gasteiger partial charge >= 0.3 is 0 Å². The van der Waals surface area contributed by atoms with Crippen molar-refractivity contribution >= 4 is 16.8 Å². The molecule has 2 aromatic rings. The first-order valence-electron chi connectivity index (χ1n) is 10.6. The van der Waals surface area contributed by atoms with Crippen LogP contribution >= 0.6 is 0 Å². The molecule has 1 amide bonds. The molecule has 2 aliphatic heterocycles. The number of H-pyrrole nitrogens is 1. The predicted octanol–water partition coefficient (Wildman–Crippen LogP) is 2.58. The van der Waals surface area contributed by atoms with Gasteiger partial charge in [-0.2, -0.15) is 0 Å². The fourth-order valence-corrected chi connectivity index (χ4v) is 4.91. The minimum Gasteiger partial charge on any atom is -0.345 e. The molecule has 4 rings (SSSR count). The third-order valence-electron chi connectivity index (χ3n) is 6.40. The molecule has 28 heavy (non-hydrogen) atoms. The molecule has 1 aromatic carbocycles. The van der Waals surface area contributed by atoms with E-state index in [0.29, 0.717) is 41.5 Å². The number of hydrogen-bond acceptors (Lipinski definition) is 4. The van der Waals surface area contributed by atoms with Crippen LogP contribution in [0.2, 0.25) is 0 Å². The number of carbonyl (C=O) groups excluding carboxylic acids is 1. The highest BCUT2D eigenvalue weighted by atomic mass is 16.2. The Morgan fingerprint density at radius 1 is 1.21 bits per heavy atom. The third-order valence-corrected chi connectivity index (χ3v) is 6.40. The number of benzene rings is 1. The van der Waals surface area contributed by atoms with Gasteiger partial charge in [-0.25, -0.2) is 4.98 Å². The zero-order chi connectivity index (χ0) is 19.5. The van der Waals surface area contributed by atoms with Crippen molar-refractivity contribution in [2.75, 3.05) is 26.7 Å². The fraction of sp³-hybridized carbons (Fsp3) is 0.591. The normalized spacial score (nSPS) is 22.8. The van der Waals surface area contributed by atoms with Crippen LogP contribution in [0.3, 0.4) is 0 Å². The largest absolute Gasteiger partial charge is 0.345 e. The highest BCUT2D eigenvalue weighted by Crippen LogP contribution is 2.31. The lowest BCUT2D eigenvalue weighted by atomic mass is 9.83. The molecular weight excluding hydrogens is 352 g/mol. The van der Waals surface area contributed by atoms with Gasteiger partial charge in [0.05, 0.1) is 10.9 Å². The monoisotopic (exact) mass is 382 g/mol. The zero-order valence-corrected chi connectivity index (χ0v) is 16.7. The van der Waals surface area contributed by atoms with E-state index in [4.69, 9.17) is 0 Å². The lowest BCUT2D eigenvalue weighted by Gasteiger charge is -2.45. The summed E-state index contributed by atoms with van der Waals surface area (Å²) in [5, 5.41) is 0.587. The van der Waals surface area contributed by atoms with E-state index in [2.05, 4.69) is 14.9 Å². The van der Waals surface area contributed by atoms with Crippen molar-refractivity contribution in [2.45, 2.75) is 51.0 Å². The molecule has 2 fully saturated rings. The number of carbonyl (C=O) groups is 1. The molecule has 0 unspecified atom stereocenters. The van der Waals surface area contributed by atoms with Gasteiger partial charge in [0.1, 0.15) is 5.82 Å². The molecule has 3 heterocycles. The van der Waals surface area contributed by atoms with Crippen molar-refractivity contribution in [3.05, 3.63) is 40.4 Å². The molecule has 1 aromatic heterocycles. The van der Waals surface area contributed by atoms with Gasteiger partial charge in [0.15, 0.2) is 0 Å². The summed E-state index contributed by atoms with van der Waals surface area (Å²) in [6.07, 6.45) is 7.20. The Labute approximate surface area is 165 Å². The van der Waals surface area contributed by atoms with E-state index in [9.17, 15) is 9.59 Å². The van der Waals surface area contributed by atoms with Crippen LogP contribution in [0.1, 0.15) is 44.3 Å². The SMILES string of the molecule is CN(C[C@@H]1CCCN2CCCC[C@H]12)C(=O)CCc1nc2ccccc2c(=O)[nH]1. The lowest BCUT2D eigenvalue weighted by molar-refractivity contribution is -0.131. The number of aryl methyl sites for hydroxylation is 1. The number of aromatic nitrogens is 2. The first-order valence-corrected chi connectivity index (χ1v) is 10.6. The van der Waals surface area contributed by atoms with Gasteiger partial charge < -0.3 is 14.8 Å². The van der Waals surface area contributed by atoms with Gasteiger partial charge in [0.25, 0.3) is 5.56 Å². The molecule has 2 aliphatic rings. The summed E-state index contributed by atoms with van der Waals surface area (Å²) >= 11 is 0. The molecule has 0 aliphatic carbocycles. The average Bonchev–Trinajstić information content (AvgIpc) is 2.72. The standard InChI is InChI=1S/C22H30N4O2/c1-25(15-16-7-6-14-26-13-5-4-10-19(16)26)21(27)12-11-20-23-18-9-3-2-8-17(18)22(28)24-20/h2-3,8-9,16,19H,4-7,10-15H2,1H3,(H,23,24,28)/t16-,19+/m0/s1. The van der Waals surface area contributed by atoms with Gasteiger partial charge in [-0.15, -0.1) is 0 Å². The predicted molar refractivity (Wildman–Crippen MR) is 110 cm³/mol. The number of amides is 1. The number of nitrogens with zero attached hydrogens (tertiary/aromatic N) is 3. The van der Waals surface area contributed by atoms with E-state index in [-0.39, 0.29) is 11.5 Å². The van der Waals surface area contributed by atoms with Crippen LogP contribution < -0.4 is 5.56 Å². The number of rotatable bonds is 5. The highest BCUT2D eigenvalue weighted by Gasteiger charge is 2.33. The summed E-state index contributed by atoms with van der Waals surface area (Å²) in [7, 11) is 1.92. The van der Waals surface area contributed by atoms with Crippen molar-refractivity contribution in [1.82, 2.24) is 19.8 Å². The lowest BCUT2D eigenvalue weighted by Crippen LogP contribution is -2.51. The topological polar surface area (TPSA) is 69.3 Å². The summed E-state index contributed by atoms with van der Waals surface area (Å²) in [4.78, 5) is 36.7. The molecular formula is C22H30N4O2. The van der Waals surface area contributed by atoms with Crippen LogP contribution in [0, 0.1) is 5.92 Å². The summed E-state index contributed by atoms with van der Waals surface area (Å²) < 4.78 is 0. The molecule has 0 bridgehead atoms. The Balaban J connectivity index is 1.35. The summed E-state index contributed by atoms with van der Waals surface area (Å²) in [6, 6.07) is 7.95. The van der Waals surface area contributed by atoms with Crippen LogP contribution in [-0.2, 0) is 11.2 Å². The molecule has 1 N–H and O–H groups in total. The molecule has 150 valence electrons. The first-order chi connectivity index (χ1) is 13.6. The second kappa shape index (κ2) is 8.43. The van der Waals surface area contributed by atoms with Crippen LogP contribution in [0.15, 0.2) is 29.1 Å². The minimum absolute atomic E-state index is 0.128. The summed E-state index contributed by atoms with van der Waals surface area (Å²) in [5.41, 5.74) is 0.544. The van der Waals surface area contributed by atoms with Crippen molar-refractivity contribution < 1.29 is 4.79 Å². The minimum atomic E-state index is -0.138. The van der Waals surface area contributed by atoms with E-state index < -0.39 is 0 Å². The Hall–Kier alpha value is -2.21. The number of aromatic amines is 1. The molecule has 0 saturated carbocycles. The van der Waals surface area contributed by atoms with E-state index in [0.717, 1.165) is 6.54 Å². The quantitative estimate of drug-likeness (QED) is 0.863. The molecule has 0 spiro atoms. The number of nitrogens with one attached hydrogen (secondary N) is 1. The maximum atomic E-state index is 12.7. The Morgan fingerprint density at radius 3 is 2.93 bits per heavy atom. The van der Waals surface area contributed by atoms with Crippen molar-refractivity contribution in [3.8, 4) is 0 Å². The van der Waals surface area contributed by atoms with Gasteiger partial charge in [-0.1, -0.05) is 18.6 Å². The average molecular weight is 383 g/mol. The maximum Gasteiger partial charge on any atom is 0.258 e. The smallest absolute Gasteiger partial charge is 0.258 e. The van der Waals surface area contributed by atoms with Crippen LogP contribution in [0.4, 0.5) is 0 Å². The van der Waals surface area contributed by atoms with Crippen LogP contribution in [0.25, 0.3) is 10.9 Å². The molecule has 6 heteroatoms. The van der Waals surface area contributed by atoms with Gasteiger partial charge in [-0.05, 0) is 56.8 Å². The zero-order valence-electron chi connectivity index (χ0n) is 16.7. The molecule has 2 atom stereocenters. The van der Waals surface area contributed by atoms with E-state index >= 15 is 0 Å². The Bertz CT molecular complexity index is 891. The Kier molecular flexibility index (Phi) is 5.76. The summed E-state index contributed by atoms with van der Waals surface area (Å²) in [5.74, 6) is 1.30. The van der Waals surface area contributed by atoms with Crippen molar-refractivity contribution in [2.24, 2.45) is 5.92 Å². The van der Waals surface area contributed by atoms with Crippen molar-refractivity contribution in [3.63, 3.8) is 0 Å². The second-order valence-corrected chi connectivity index (χ2v) is 8.31. The van der Waals surface area contributed by atoms with E-state index in [1.165, 1.54) is 45.2 Å². The molecule has 6 nitrogen and oxygen atoms in total. The summed E-state index contributed by atoms with van der Waals surface area (Å²) in [6.45, 7) is 3.28. The third kappa shape index (κ3) is 4.12. The Morgan fingerprint density at radius 2 is 2.04 bits per heavy atom. The number of piperidine rings is 2. The number of fused-ring (bicyclic) bond motifs is 2. The first kappa shape index (κ1) is 19.1. The van der Waals surface area contributed by atoms with Crippen molar-refractivity contribution in [1.29, 1.82) is 0 Å². The molecule has 0 radical (unpaired) electrons. The molecule has 2 saturated heterocycles. The highest BCUT2D eigenvalue weighted by molar-refractivity contribution is 5.78. The van der Waals surface area contributed by atoms with E-state index in [1.54, 1.807) is 6.07 Å². The number of hydrogen-bond donors (Lipinski definition) is 1. The van der Waals surface area contributed by atoms with Gasteiger partial charge in [0.2, 0.25) is 5.91 Å². The maximum absolute atomic E-state index is 12.7. The van der Waals surface area contributed by atoms with E-state index in [1.807, 2.05) is 30.1 Å². The van der Waals surface area contributed by atoms with Crippen LogP contribution in [-0.4, -0.2) is 58.4 Å². The number of para-hydroxylation sites is 1. The van der Waals surface area contributed by atoms with Gasteiger partial charge in [-0.3, -0.25) is 9.59 Å². The second-order valence-electron chi connectivity index (χ2n) is 8.31. The van der Waals surface area contributed by atoms with Crippen LogP contribution in [0.5, 0.6) is 0 Å².